The third-order valence-electron chi connectivity index (χ3n) is 2.67. The second-order valence-electron chi connectivity index (χ2n) is 4.56. The SMILES string of the molecule is CCCN(c1sc(C(C)O)cc1[N+](=O)[O-])C(C)C. The first-order valence-electron chi connectivity index (χ1n) is 6.11. The zero-order valence-electron chi connectivity index (χ0n) is 11.2. The van der Waals surface area contributed by atoms with Crippen molar-refractivity contribution in [3.63, 3.8) is 0 Å². The summed E-state index contributed by atoms with van der Waals surface area (Å²) in [6.45, 7) is 8.48. The third-order valence-corrected chi connectivity index (χ3v) is 4.00. The lowest BCUT2D eigenvalue weighted by molar-refractivity contribution is -0.383. The van der Waals surface area contributed by atoms with Gasteiger partial charge in [0.05, 0.1) is 11.0 Å². The van der Waals surface area contributed by atoms with Gasteiger partial charge in [0.15, 0.2) is 5.00 Å². The first-order chi connectivity index (χ1) is 8.38. The average Bonchev–Trinajstić information content (AvgIpc) is 2.69. The second-order valence-corrected chi connectivity index (χ2v) is 5.62. The quantitative estimate of drug-likeness (QED) is 0.637. The van der Waals surface area contributed by atoms with Crippen molar-refractivity contribution in [3.05, 3.63) is 21.1 Å². The minimum absolute atomic E-state index is 0.0954. The molecule has 1 N–H and O–H groups in total. The fourth-order valence-corrected chi connectivity index (χ4v) is 2.99. The standard InChI is InChI=1S/C12H20N2O3S/c1-5-6-13(8(2)3)12-10(14(16)17)7-11(18-12)9(4)15/h7-9,15H,5-6H2,1-4H3. The largest absolute Gasteiger partial charge is 0.388 e. The van der Waals surface area contributed by atoms with Crippen LogP contribution >= 0.6 is 11.3 Å². The molecule has 1 heterocycles. The van der Waals surface area contributed by atoms with E-state index in [-0.39, 0.29) is 16.7 Å². The summed E-state index contributed by atoms with van der Waals surface area (Å²) in [7, 11) is 0. The summed E-state index contributed by atoms with van der Waals surface area (Å²) in [6.07, 6.45) is 0.259. The molecule has 0 saturated carbocycles. The molecule has 0 radical (unpaired) electrons. The van der Waals surface area contributed by atoms with Crippen LogP contribution in [0.15, 0.2) is 6.07 Å². The van der Waals surface area contributed by atoms with Crippen molar-refractivity contribution in [1.29, 1.82) is 0 Å². The van der Waals surface area contributed by atoms with Crippen LogP contribution in [0.2, 0.25) is 0 Å². The molecule has 1 aromatic rings. The van der Waals surface area contributed by atoms with Gasteiger partial charge in [0.1, 0.15) is 0 Å². The zero-order valence-corrected chi connectivity index (χ0v) is 12.0. The summed E-state index contributed by atoms with van der Waals surface area (Å²) in [5.74, 6) is 0. The van der Waals surface area contributed by atoms with E-state index in [1.54, 1.807) is 6.92 Å². The predicted octanol–water partition coefficient (Wildman–Crippen LogP) is 3.33. The molecule has 0 fully saturated rings. The second kappa shape index (κ2) is 6.15. The van der Waals surface area contributed by atoms with Gasteiger partial charge in [-0.25, -0.2) is 0 Å². The van der Waals surface area contributed by atoms with Gasteiger partial charge in [-0.2, -0.15) is 0 Å². The van der Waals surface area contributed by atoms with Gasteiger partial charge < -0.3 is 10.0 Å². The predicted molar refractivity (Wildman–Crippen MR) is 74.4 cm³/mol. The first-order valence-corrected chi connectivity index (χ1v) is 6.92. The van der Waals surface area contributed by atoms with E-state index >= 15 is 0 Å². The molecular formula is C12H20N2O3S. The van der Waals surface area contributed by atoms with Crippen molar-refractivity contribution in [3.8, 4) is 0 Å². The van der Waals surface area contributed by atoms with E-state index in [1.165, 1.54) is 17.4 Å². The minimum Gasteiger partial charge on any atom is -0.388 e. The Bertz CT molecular complexity index is 415. The molecule has 6 heteroatoms. The molecule has 0 aliphatic heterocycles. The number of aliphatic hydroxyl groups excluding tert-OH is 1. The fourth-order valence-electron chi connectivity index (χ4n) is 1.77. The monoisotopic (exact) mass is 272 g/mol. The molecule has 0 aromatic carbocycles. The van der Waals surface area contributed by atoms with E-state index in [9.17, 15) is 15.2 Å². The lowest BCUT2D eigenvalue weighted by atomic mass is 10.2. The molecule has 0 spiro atoms. The summed E-state index contributed by atoms with van der Waals surface area (Å²) in [5, 5.41) is 21.3. The topological polar surface area (TPSA) is 66.6 Å². The molecule has 102 valence electrons. The van der Waals surface area contributed by atoms with Gasteiger partial charge in [-0.1, -0.05) is 6.92 Å². The number of nitrogens with zero attached hydrogens (tertiary/aromatic N) is 2. The summed E-state index contributed by atoms with van der Waals surface area (Å²) >= 11 is 1.31. The molecule has 1 atom stereocenters. The lowest BCUT2D eigenvalue weighted by Gasteiger charge is -2.26. The number of rotatable bonds is 6. The van der Waals surface area contributed by atoms with E-state index in [4.69, 9.17) is 0 Å². The molecular weight excluding hydrogens is 252 g/mol. The number of nitro groups is 1. The Morgan fingerprint density at radius 3 is 2.50 bits per heavy atom. The summed E-state index contributed by atoms with van der Waals surface area (Å²) in [4.78, 5) is 13.4. The summed E-state index contributed by atoms with van der Waals surface area (Å²) in [6, 6.07) is 1.68. The zero-order chi connectivity index (χ0) is 13.9. The maximum atomic E-state index is 11.1. The Hall–Kier alpha value is -1.14. The van der Waals surface area contributed by atoms with E-state index < -0.39 is 6.10 Å². The highest BCUT2D eigenvalue weighted by Gasteiger charge is 2.26. The Morgan fingerprint density at radius 2 is 2.11 bits per heavy atom. The van der Waals surface area contributed by atoms with E-state index in [0.717, 1.165) is 13.0 Å². The molecule has 5 nitrogen and oxygen atoms in total. The third kappa shape index (κ3) is 3.20. The smallest absolute Gasteiger partial charge is 0.304 e. The molecule has 0 aliphatic carbocycles. The van der Waals surface area contributed by atoms with Crippen LogP contribution in [0.1, 0.15) is 45.1 Å². The maximum Gasteiger partial charge on any atom is 0.304 e. The van der Waals surface area contributed by atoms with Crippen LogP contribution in [0, 0.1) is 10.1 Å². The van der Waals surface area contributed by atoms with Gasteiger partial charge in [-0.15, -0.1) is 11.3 Å². The van der Waals surface area contributed by atoms with Crippen LogP contribution in [0.25, 0.3) is 0 Å². The molecule has 1 rings (SSSR count). The van der Waals surface area contributed by atoms with Crippen molar-refractivity contribution in [2.75, 3.05) is 11.4 Å². The van der Waals surface area contributed by atoms with Gasteiger partial charge in [0, 0.05) is 23.5 Å². The summed E-state index contributed by atoms with van der Waals surface area (Å²) in [5.41, 5.74) is 0.0954. The van der Waals surface area contributed by atoms with Crippen molar-refractivity contribution in [1.82, 2.24) is 0 Å². The fraction of sp³-hybridized carbons (Fsp3) is 0.667. The van der Waals surface area contributed by atoms with Crippen molar-refractivity contribution in [2.45, 2.75) is 46.3 Å². The van der Waals surface area contributed by atoms with Gasteiger partial charge in [-0.3, -0.25) is 10.1 Å². The number of hydrogen-bond acceptors (Lipinski definition) is 5. The van der Waals surface area contributed by atoms with Gasteiger partial charge in [-0.05, 0) is 27.2 Å². The normalized spacial score (nSPS) is 12.8. The summed E-state index contributed by atoms with van der Waals surface area (Å²) < 4.78 is 0. The molecule has 0 amide bonds. The van der Waals surface area contributed by atoms with Gasteiger partial charge >= 0.3 is 5.69 Å². The Balaban J connectivity index is 3.22. The van der Waals surface area contributed by atoms with E-state index in [1.807, 2.05) is 25.7 Å². The Morgan fingerprint density at radius 1 is 1.50 bits per heavy atom. The van der Waals surface area contributed by atoms with Crippen LogP contribution in [0.3, 0.4) is 0 Å². The average molecular weight is 272 g/mol. The van der Waals surface area contributed by atoms with Crippen LogP contribution in [-0.2, 0) is 0 Å². The highest BCUT2D eigenvalue weighted by Crippen LogP contribution is 2.40. The van der Waals surface area contributed by atoms with Crippen LogP contribution in [0.4, 0.5) is 10.7 Å². The number of thiophene rings is 1. The highest BCUT2D eigenvalue weighted by molar-refractivity contribution is 7.16. The van der Waals surface area contributed by atoms with Crippen molar-refractivity contribution in [2.24, 2.45) is 0 Å². The Kier molecular flexibility index (Phi) is 5.10. The maximum absolute atomic E-state index is 11.1. The minimum atomic E-state index is -0.668. The van der Waals surface area contributed by atoms with Gasteiger partial charge in [0.2, 0.25) is 0 Å². The number of aliphatic hydroxyl groups is 1. The van der Waals surface area contributed by atoms with Crippen LogP contribution in [-0.4, -0.2) is 22.6 Å². The van der Waals surface area contributed by atoms with Crippen molar-refractivity contribution < 1.29 is 10.0 Å². The number of hydrogen-bond donors (Lipinski definition) is 1. The molecule has 1 unspecified atom stereocenters. The lowest BCUT2D eigenvalue weighted by Crippen LogP contribution is -2.31. The number of anilines is 1. The highest BCUT2D eigenvalue weighted by atomic mass is 32.1. The Labute approximate surface area is 111 Å². The molecule has 0 bridgehead atoms. The molecule has 1 aromatic heterocycles. The van der Waals surface area contributed by atoms with Crippen LogP contribution in [0.5, 0.6) is 0 Å². The molecule has 18 heavy (non-hydrogen) atoms. The molecule has 0 aliphatic rings. The van der Waals surface area contributed by atoms with Crippen LogP contribution < -0.4 is 4.90 Å². The van der Waals surface area contributed by atoms with E-state index in [2.05, 4.69) is 0 Å². The van der Waals surface area contributed by atoms with E-state index in [0.29, 0.717) is 9.88 Å². The van der Waals surface area contributed by atoms with Gasteiger partial charge in [0.25, 0.3) is 0 Å². The molecule has 0 saturated heterocycles. The van der Waals surface area contributed by atoms with Crippen molar-refractivity contribution >= 4 is 22.0 Å². The first kappa shape index (κ1) is 14.9.